The van der Waals surface area contributed by atoms with E-state index in [4.69, 9.17) is 5.11 Å². The number of fused-ring (bicyclic) bond motifs is 1. The Kier molecular flexibility index (Phi) is 8.47. The Hall–Kier alpha value is -2.90. The molecule has 1 aromatic heterocycles. The predicted octanol–water partition coefficient (Wildman–Crippen LogP) is 4.84. The molecule has 2 aromatic rings. The highest BCUT2D eigenvalue weighted by Gasteiger charge is 2.21. The van der Waals surface area contributed by atoms with Gasteiger partial charge in [-0.3, -0.25) is 14.4 Å². The molecule has 0 aliphatic heterocycles. The fraction of sp³-hybridized carbons (Fsp3) is 0.560. The van der Waals surface area contributed by atoms with Crippen molar-refractivity contribution in [3.8, 4) is 0 Å². The van der Waals surface area contributed by atoms with E-state index >= 15 is 4.39 Å². The highest BCUT2D eigenvalue weighted by molar-refractivity contribution is 5.97. The summed E-state index contributed by atoms with van der Waals surface area (Å²) in [5, 5.41) is 14.9. The SMILES string of the molecule is CCC(CC)n1cc(C(=O)NCCCC(=O)O)c(=O)c2cc(F)c(NC3CCCCC3)cc21. The Morgan fingerprint density at radius 1 is 1.18 bits per heavy atom. The molecule has 1 aromatic carbocycles. The number of carbonyl (C=O) groups excluding carboxylic acids is 1. The second-order valence-corrected chi connectivity index (χ2v) is 8.83. The van der Waals surface area contributed by atoms with Crippen molar-refractivity contribution in [1.82, 2.24) is 9.88 Å². The van der Waals surface area contributed by atoms with Crippen LogP contribution in [-0.2, 0) is 4.79 Å². The third kappa shape index (κ3) is 5.92. The Bertz CT molecular complexity index is 1060. The second-order valence-electron chi connectivity index (χ2n) is 8.83. The van der Waals surface area contributed by atoms with Crippen LogP contribution in [0.4, 0.5) is 10.1 Å². The number of hydrogen-bond donors (Lipinski definition) is 3. The summed E-state index contributed by atoms with van der Waals surface area (Å²) in [6, 6.07) is 3.20. The zero-order chi connectivity index (χ0) is 24.0. The minimum absolute atomic E-state index is 0.0413. The van der Waals surface area contributed by atoms with Gasteiger partial charge >= 0.3 is 5.97 Å². The van der Waals surface area contributed by atoms with Crippen LogP contribution in [0.3, 0.4) is 0 Å². The van der Waals surface area contributed by atoms with Crippen LogP contribution in [0.1, 0.15) is 88.0 Å². The van der Waals surface area contributed by atoms with E-state index in [0.717, 1.165) is 38.5 Å². The Morgan fingerprint density at radius 2 is 1.88 bits per heavy atom. The summed E-state index contributed by atoms with van der Waals surface area (Å²) in [4.78, 5) is 36.6. The topological polar surface area (TPSA) is 100 Å². The number of anilines is 1. The quantitative estimate of drug-likeness (QED) is 0.442. The minimum atomic E-state index is -0.945. The monoisotopic (exact) mass is 459 g/mol. The number of carboxylic acid groups (broad SMARTS) is 1. The first kappa shape index (κ1) is 24.7. The molecule has 0 bridgehead atoms. The molecule has 1 amide bonds. The Morgan fingerprint density at radius 3 is 2.52 bits per heavy atom. The molecule has 0 unspecified atom stereocenters. The third-order valence-electron chi connectivity index (χ3n) is 6.52. The molecule has 8 heteroatoms. The Labute approximate surface area is 193 Å². The first-order valence-corrected chi connectivity index (χ1v) is 12.0. The number of carbonyl (C=O) groups is 2. The zero-order valence-electron chi connectivity index (χ0n) is 19.5. The van der Waals surface area contributed by atoms with Crippen LogP contribution in [0.15, 0.2) is 23.1 Å². The molecular weight excluding hydrogens is 425 g/mol. The molecule has 180 valence electrons. The third-order valence-corrected chi connectivity index (χ3v) is 6.52. The van der Waals surface area contributed by atoms with Gasteiger partial charge in [-0.25, -0.2) is 4.39 Å². The van der Waals surface area contributed by atoms with Crippen LogP contribution >= 0.6 is 0 Å². The molecular formula is C25H34FN3O4. The summed E-state index contributed by atoms with van der Waals surface area (Å²) in [5.74, 6) is -2.02. The number of amides is 1. The van der Waals surface area contributed by atoms with Gasteiger partial charge in [0.25, 0.3) is 5.91 Å². The molecule has 1 saturated carbocycles. The lowest BCUT2D eigenvalue weighted by Crippen LogP contribution is -2.31. The van der Waals surface area contributed by atoms with E-state index in [1.54, 1.807) is 12.3 Å². The predicted molar refractivity (Wildman–Crippen MR) is 127 cm³/mol. The molecule has 0 spiro atoms. The maximum atomic E-state index is 15.0. The van der Waals surface area contributed by atoms with Gasteiger partial charge in [-0.2, -0.15) is 0 Å². The normalized spacial score (nSPS) is 14.5. The number of aliphatic carboxylic acids is 1. The molecule has 1 fully saturated rings. The number of rotatable bonds is 10. The van der Waals surface area contributed by atoms with Crippen LogP contribution < -0.4 is 16.1 Å². The zero-order valence-corrected chi connectivity index (χ0v) is 19.5. The molecule has 3 rings (SSSR count). The number of nitrogens with one attached hydrogen (secondary N) is 2. The molecule has 7 nitrogen and oxygen atoms in total. The van der Waals surface area contributed by atoms with E-state index in [1.807, 2.05) is 18.4 Å². The minimum Gasteiger partial charge on any atom is -0.481 e. The molecule has 0 saturated heterocycles. The number of carboxylic acids is 1. The lowest BCUT2D eigenvalue weighted by atomic mass is 9.95. The number of aromatic nitrogens is 1. The van der Waals surface area contributed by atoms with Gasteiger partial charge in [0, 0.05) is 36.6 Å². The van der Waals surface area contributed by atoms with E-state index in [9.17, 15) is 14.4 Å². The molecule has 3 N–H and O–H groups in total. The number of halogens is 1. The van der Waals surface area contributed by atoms with Crippen molar-refractivity contribution in [3.63, 3.8) is 0 Å². The van der Waals surface area contributed by atoms with E-state index in [1.165, 1.54) is 12.5 Å². The van der Waals surface area contributed by atoms with Gasteiger partial charge < -0.3 is 20.3 Å². The van der Waals surface area contributed by atoms with Gasteiger partial charge in [-0.05, 0) is 44.2 Å². The lowest BCUT2D eigenvalue weighted by Gasteiger charge is -2.25. The summed E-state index contributed by atoms with van der Waals surface area (Å²) in [6.45, 7) is 4.22. The maximum absolute atomic E-state index is 15.0. The van der Waals surface area contributed by atoms with Crippen molar-refractivity contribution in [2.24, 2.45) is 0 Å². The van der Waals surface area contributed by atoms with Crippen LogP contribution in [-0.4, -0.2) is 34.1 Å². The number of hydrogen-bond acceptors (Lipinski definition) is 4. The maximum Gasteiger partial charge on any atom is 0.303 e. The fourth-order valence-electron chi connectivity index (χ4n) is 4.63. The van der Waals surface area contributed by atoms with Gasteiger partial charge in [0.05, 0.1) is 11.2 Å². The first-order chi connectivity index (χ1) is 15.8. The van der Waals surface area contributed by atoms with Gasteiger partial charge in [-0.1, -0.05) is 33.1 Å². The van der Waals surface area contributed by atoms with Gasteiger partial charge in [0.15, 0.2) is 0 Å². The van der Waals surface area contributed by atoms with E-state index in [-0.39, 0.29) is 42.4 Å². The first-order valence-electron chi connectivity index (χ1n) is 12.0. The van der Waals surface area contributed by atoms with Crippen molar-refractivity contribution in [2.45, 2.75) is 83.7 Å². The standard InChI is InChI=1S/C25H34FN3O4/c1-3-17(4-2)29-15-19(25(33)27-12-8-11-23(30)31)24(32)18-13-20(26)21(14-22(18)29)28-16-9-6-5-7-10-16/h13-17,28H,3-12H2,1-2H3,(H,27,33)(H,30,31). The van der Waals surface area contributed by atoms with Crippen molar-refractivity contribution < 1.29 is 19.1 Å². The van der Waals surface area contributed by atoms with Crippen molar-refractivity contribution >= 4 is 28.5 Å². The van der Waals surface area contributed by atoms with Crippen LogP contribution in [0.2, 0.25) is 0 Å². The fourth-order valence-corrected chi connectivity index (χ4v) is 4.63. The lowest BCUT2D eigenvalue weighted by molar-refractivity contribution is -0.137. The van der Waals surface area contributed by atoms with Gasteiger partial charge in [-0.15, -0.1) is 0 Å². The van der Waals surface area contributed by atoms with Crippen LogP contribution in [0.5, 0.6) is 0 Å². The van der Waals surface area contributed by atoms with E-state index in [2.05, 4.69) is 10.6 Å². The summed E-state index contributed by atoms with van der Waals surface area (Å²) < 4.78 is 17.0. The van der Waals surface area contributed by atoms with Crippen molar-refractivity contribution in [1.29, 1.82) is 0 Å². The van der Waals surface area contributed by atoms with Crippen LogP contribution in [0.25, 0.3) is 10.9 Å². The van der Waals surface area contributed by atoms with Gasteiger partial charge in [0.2, 0.25) is 5.43 Å². The van der Waals surface area contributed by atoms with Gasteiger partial charge in [0.1, 0.15) is 11.4 Å². The molecule has 1 aliphatic carbocycles. The van der Waals surface area contributed by atoms with E-state index in [0.29, 0.717) is 11.2 Å². The summed E-state index contributed by atoms with van der Waals surface area (Å²) >= 11 is 0. The second kappa shape index (κ2) is 11.3. The average Bonchev–Trinajstić information content (AvgIpc) is 2.80. The van der Waals surface area contributed by atoms with Crippen LogP contribution in [0, 0.1) is 5.82 Å². The molecule has 0 radical (unpaired) electrons. The number of benzene rings is 1. The summed E-state index contributed by atoms with van der Waals surface area (Å²) in [7, 11) is 0. The number of pyridine rings is 1. The molecule has 33 heavy (non-hydrogen) atoms. The molecule has 1 heterocycles. The largest absolute Gasteiger partial charge is 0.481 e. The summed E-state index contributed by atoms with van der Waals surface area (Å²) in [5.41, 5.74) is 0.415. The molecule has 1 aliphatic rings. The highest BCUT2D eigenvalue weighted by Crippen LogP contribution is 2.29. The Balaban J connectivity index is 2.01. The van der Waals surface area contributed by atoms with Crippen molar-refractivity contribution in [2.75, 3.05) is 11.9 Å². The summed E-state index contributed by atoms with van der Waals surface area (Å²) in [6.07, 6.45) is 8.78. The van der Waals surface area contributed by atoms with E-state index < -0.39 is 23.1 Å². The smallest absolute Gasteiger partial charge is 0.303 e. The highest BCUT2D eigenvalue weighted by atomic mass is 19.1. The average molecular weight is 460 g/mol. The van der Waals surface area contributed by atoms with Crippen molar-refractivity contribution in [3.05, 3.63) is 39.9 Å². The number of nitrogens with zero attached hydrogens (tertiary/aromatic N) is 1. The molecule has 0 atom stereocenters.